The average molecular weight is 252 g/mol. The predicted octanol–water partition coefficient (Wildman–Crippen LogP) is 2.50. The second-order valence-corrected chi connectivity index (χ2v) is 4.29. The summed E-state index contributed by atoms with van der Waals surface area (Å²) in [6, 6.07) is 4.85. The van der Waals surface area contributed by atoms with Crippen molar-refractivity contribution in [3.8, 4) is 0 Å². The third-order valence-electron chi connectivity index (χ3n) is 2.90. The fraction of sp³-hybridized carbons (Fsp3) is 0.538. The Morgan fingerprint density at radius 2 is 2.11 bits per heavy atom. The molecule has 100 valence electrons. The van der Waals surface area contributed by atoms with E-state index in [1.165, 1.54) is 6.07 Å². The van der Waals surface area contributed by atoms with Gasteiger partial charge in [-0.05, 0) is 18.9 Å². The van der Waals surface area contributed by atoms with Crippen molar-refractivity contribution in [2.75, 3.05) is 24.6 Å². The lowest BCUT2D eigenvalue weighted by Crippen LogP contribution is -2.28. The van der Waals surface area contributed by atoms with Crippen molar-refractivity contribution >= 4 is 11.4 Å². The summed E-state index contributed by atoms with van der Waals surface area (Å²) in [4.78, 5) is 12.4. The molecule has 0 saturated heterocycles. The van der Waals surface area contributed by atoms with Gasteiger partial charge in [0, 0.05) is 30.9 Å². The van der Waals surface area contributed by atoms with E-state index in [1.807, 2.05) is 11.8 Å². The molecule has 18 heavy (non-hydrogen) atoms. The number of non-ortho nitro benzene ring substituents is 1. The van der Waals surface area contributed by atoms with E-state index in [1.54, 1.807) is 12.1 Å². The second-order valence-electron chi connectivity index (χ2n) is 4.29. The summed E-state index contributed by atoms with van der Waals surface area (Å²) in [5, 5.41) is 19.9. The Bertz CT molecular complexity index is 407. The highest BCUT2D eigenvalue weighted by molar-refractivity contribution is 5.58. The van der Waals surface area contributed by atoms with Crippen LogP contribution in [0.4, 0.5) is 11.4 Å². The molecular formula is C13H20N2O3. The molecule has 5 nitrogen and oxygen atoms in total. The fourth-order valence-electron chi connectivity index (χ4n) is 1.87. The topological polar surface area (TPSA) is 66.6 Å². The normalized spacial score (nSPS) is 10.4. The molecule has 0 atom stereocenters. The molecule has 5 heteroatoms. The maximum absolute atomic E-state index is 10.8. The number of unbranched alkanes of at least 4 members (excludes halogenated alkanes) is 1. The number of aliphatic hydroxyl groups excluding tert-OH is 1. The number of rotatable bonds is 7. The van der Waals surface area contributed by atoms with Crippen LogP contribution in [0.1, 0.15) is 25.3 Å². The van der Waals surface area contributed by atoms with Crippen LogP contribution in [-0.2, 0) is 0 Å². The molecule has 0 aliphatic carbocycles. The number of aryl methyl sites for hydroxylation is 1. The Balaban J connectivity index is 3.01. The molecular weight excluding hydrogens is 232 g/mol. The summed E-state index contributed by atoms with van der Waals surface area (Å²) in [5.74, 6) is 0. The molecule has 0 unspecified atom stereocenters. The van der Waals surface area contributed by atoms with E-state index in [2.05, 4.69) is 6.92 Å². The Morgan fingerprint density at radius 1 is 1.39 bits per heavy atom. The number of aliphatic hydroxyl groups is 1. The number of nitrogens with zero attached hydrogens (tertiary/aromatic N) is 2. The first kappa shape index (κ1) is 14.4. The van der Waals surface area contributed by atoms with E-state index < -0.39 is 0 Å². The average Bonchev–Trinajstić information content (AvgIpc) is 2.35. The van der Waals surface area contributed by atoms with Crippen LogP contribution in [-0.4, -0.2) is 29.7 Å². The lowest BCUT2D eigenvalue weighted by atomic mass is 10.1. The van der Waals surface area contributed by atoms with Crippen LogP contribution < -0.4 is 4.90 Å². The summed E-state index contributed by atoms with van der Waals surface area (Å²) >= 11 is 0. The molecule has 0 fully saturated rings. The third kappa shape index (κ3) is 3.70. The quantitative estimate of drug-likeness (QED) is 0.598. The van der Waals surface area contributed by atoms with Gasteiger partial charge in [0.15, 0.2) is 0 Å². The van der Waals surface area contributed by atoms with Gasteiger partial charge in [0.1, 0.15) is 0 Å². The van der Waals surface area contributed by atoms with Gasteiger partial charge in [-0.25, -0.2) is 0 Å². The molecule has 0 bridgehead atoms. The molecule has 0 amide bonds. The Hall–Kier alpha value is -1.62. The van der Waals surface area contributed by atoms with Gasteiger partial charge in [-0.15, -0.1) is 0 Å². The van der Waals surface area contributed by atoms with Gasteiger partial charge >= 0.3 is 0 Å². The largest absolute Gasteiger partial charge is 0.395 e. The van der Waals surface area contributed by atoms with Crippen LogP contribution >= 0.6 is 0 Å². The molecule has 1 rings (SSSR count). The standard InChI is InChI=1S/C13H20N2O3/c1-3-4-7-14(8-9-16)13-10-12(15(17)18)6-5-11(13)2/h5-6,10,16H,3-4,7-9H2,1-2H3. The molecule has 0 aliphatic rings. The van der Waals surface area contributed by atoms with Crippen molar-refractivity contribution in [3.05, 3.63) is 33.9 Å². The van der Waals surface area contributed by atoms with E-state index in [0.29, 0.717) is 6.54 Å². The van der Waals surface area contributed by atoms with Gasteiger partial charge < -0.3 is 10.0 Å². The van der Waals surface area contributed by atoms with E-state index in [-0.39, 0.29) is 17.2 Å². The maximum Gasteiger partial charge on any atom is 0.271 e. The van der Waals surface area contributed by atoms with Crippen LogP contribution in [0.25, 0.3) is 0 Å². The first-order valence-corrected chi connectivity index (χ1v) is 6.21. The van der Waals surface area contributed by atoms with Crippen molar-refractivity contribution in [2.24, 2.45) is 0 Å². The molecule has 0 saturated carbocycles. The molecule has 1 aromatic rings. The van der Waals surface area contributed by atoms with E-state index in [9.17, 15) is 10.1 Å². The number of nitro groups is 1. The van der Waals surface area contributed by atoms with Crippen molar-refractivity contribution < 1.29 is 10.0 Å². The monoisotopic (exact) mass is 252 g/mol. The Morgan fingerprint density at radius 3 is 2.67 bits per heavy atom. The number of hydrogen-bond donors (Lipinski definition) is 1. The van der Waals surface area contributed by atoms with Gasteiger partial charge in [-0.1, -0.05) is 19.4 Å². The van der Waals surface area contributed by atoms with E-state index in [0.717, 1.165) is 30.6 Å². The fourth-order valence-corrected chi connectivity index (χ4v) is 1.87. The molecule has 0 heterocycles. The van der Waals surface area contributed by atoms with Gasteiger partial charge in [0.25, 0.3) is 5.69 Å². The highest BCUT2D eigenvalue weighted by Crippen LogP contribution is 2.25. The smallest absolute Gasteiger partial charge is 0.271 e. The first-order chi connectivity index (χ1) is 8.60. The molecule has 1 N–H and O–H groups in total. The van der Waals surface area contributed by atoms with Gasteiger partial charge in [0.05, 0.1) is 11.5 Å². The van der Waals surface area contributed by atoms with Crippen molar-refractivity contribution in [2.45, 2.75) is 26.7 Å². The molecule has 0 aromatic heterocycles. The van der Waals surface area contributed by atoms with Crippen molar-refractivity contribution in [1.82, 2.24) is 0 Å². The summed E-state index contributed by atoms with van der Waals surface area (Å²) < 4.78 is 0. The lowest BCUT2D eigenvalue weighted by Gasteiger charge is -2.25. The van der Waals surface area contributed by atoms with Crippen LogP contribution in [0.3, 0.4) is 0 Å². The van der Waals surface area contributed by atoms with Gasteiger partial charge in [-0.3, -0.25) is 10.1 Å². The third-order valence-corrected chi connectivity index (χ3v) is 2.90. The van der Waals surface area contributed by atoms with Crippen LogP contribution in [0.5, 0.6) is 0 Å². The molecule has 0 aliphatic heterocycles. The highest BCUT2D eigenvalue weighted by Gasteiger charge is 2.13. The van der Waals surface area contributed by atoms with Crippen LogP contribution in [0, 0.1) is 17.0 Å². The minimum atomic E-state index is -0.389. The maximum atomic E-state index is 10.8. The Labute approximate surface area is 107 Å². The first-order valence-electron chi connectivity index (χ1n) is 6.21. The molecule has 0 radical (unpaired) electrons. The molecule has 0 spiro atoms. The van der Waals surface area contributed by atoms with Gasteiger partial charge in [-0.2, -0.15) is 0 Å². The summed E-state index contributed by atoms with van der Waals surface area (Å²) in [6.07, 6.45) is 2.05. The molecule has 1 aromatic carbocycles. The highest BCUT2D eigenvalue weighted by atomic mass is 16.6. The zero-order valence-corrected chi connectivity index (χ0v) is 10.9. The number of nitro benzene ring substituents is 1. The minimum absolute atomic E-state index is 0.0475. The Kier molecular flexibility index (Phi) is 5.58. The zero-order chi connectivity index (χ0) is 13.5. The van der Waals surface area contributed by atoms with E-state index >= 15 is 0 Å². The van der Waals surface area contributed by atoms with Crippen LogP contribution in [0.15, 0.2) is 18.2 Å². The van der Waals surface area contributed by atoms with E-state index in [4.69, 9.17) is 5.11 Å². The predicted molar refractivity (Wildman–Crippen MR) is 72.0 cm³/mol. The number of benzene rings is 1. The number of anilines is 1. The minimum Gasteiger partial charge on any atom is -0.395 e. The summed E-state index contributed by atoms with van der Waals surface area (Å²) in [6.45, 7) is 5.37. The SMILES string of the molecule is CCCCN(CCO)c1cc([N+](=O)[O-])ccc1C. The summed E-state index contributed by atoms with van der Waals surface area (Å²) in [5.41, 5.74) is 1.92. The van der Waals surface area contributed by atoms with Crippen molar-refractivity contribution in [1.29, 1.82) is 0 Å². The zero-order valence-electron chi connectivity index (χ0n) is 10.9. The van der Waals surface area contributed by atoms with Crippen LogP contribution in [0.2, 0.25) is 0 Å². The second kappa shape index (κ2) is 6.96. The lowest BCUT2D eigenvalue weighted by molar-refractivity contribution is -0.384. The van der Waals surface area contributed by atoms with Gasteiger partial charge in [0.2, 0.25) is 0 Å². The summed E-state index contributed by atoms with van der Waals surface area (Å²) in [7, 11) is 0. The van der Waals surface area contributed by atoms with Crippen molar-refractivity contribution in [3.63, 3.8) is 0 Å². The number of hydrogen-bond acceptors (Lipinski definition) is 4.